The summed E-state index contributed by atoms with van der Waals surface area (Å²) in [5.41, 5.74) is 2.45. The zero-order chi connectivity index (χ0) is 11.4. The standard InChI is InChI=1S/C12H13N3O/c13-5-6-14-12(16)11-7-9-3-1-2-4-10(9)8-15-11/h1-4,11,15H,6-8H2,(H,14,16)/t11-/m0/s1. The summed E-state index contributed by atoms with van der Waals surface area (Å²) in [5, 5.41) is 14.1. The van der Waals surface area contributed by atoms with Gasteiger partial charge in [-0.3, -0.25) is 4.79 Å². The first kappa shape index (κ1) is 10.7. The third kappa shape index (κ3) is 2.20. The predicted molar refractivity (Wildman–Crippen MR) is 59.4 cm³/mol. The molecule has 0 bridgehead atoms. The lowest BCUT2D eigenvalue weighted by atomic mass is 9.95. The average Bonchev–Trinajstić information content (AvgIpc) is 2.35. The molecule has 2 rings (SSSR count). The second kappa shape index (κ2) is 4.77. The predicted octanol–water partition coefficient (Wildman–Crippen LogP) is 0.341. The van der Waals surface area contributed by atoms with Crippen LogP contribution in [-0.4, -0.2) is 18.5 Å². The summed E-state index contributed by atoms with van der Waals surface area (Å²) < 4.78 is 0. The van der Waals surface area contributed by atoms with Gasteiger partial charge in [-0.1, -0.05) is 24.3 Å². The Morgan fingerprint density at radius 2 is 2.25 bits per heavy atom. The zero-order valence-corrected chi connectivity index (χ0v) is 8.86. The van der Waals surface area contributed by atoms with E-state index in [1.165, 1.54) is 11.1 Å². The molecule has 1 amide bonds. The summed E-state index contributed by atoms with van der Waals surface area (Å²) in [5.74, 6) is -0.101. The number of hydrogen-bond donors (Lipinski definition) is 2. The van der Waals surface area contributed by atoms with Crippen molar-refractivity contribution in [1.29, 1.82) is 5.26 Å². The molecule has 0 fully saturated rings. The van der Waals surface area contributed by atoms with Crippen molar-refractivity contribution in [2.45, 2.75) is 19.0 Å². The number of amides is 1. The number of carbonyl (C=O) groups excluding carboxylic acids is 1. The highest BCUT2D eigenvalue weighted by atomic mass is 16.2. The average molecular weight is 215 g/mol. The van der Waals surface area contributed by atoms with Gasteiger partial charge >= 0.3 is 0 Å². The number of nitriles is 1. The number of benzene rings is 1. The van der Waals surface area contributed by atoms with Crippen molar-refractivity contribution < 1.29 is 4.79 Å². The number of carbonyl (C=O) groups is 1. The Hall–Kier alpha value is -1.86. The van der Waals surface area contributed by atoms with Crippen molar-refractivity contribution in [1.82, 2.24) is 10.6 Å². The van der Waals surface area contributed by atoms with Gasteiger partial charge in [-0.25, -0.2) is 0 Å². The van der Waals surface area contributed by atoms with Crippen molar-refractivity contribution in [2.24, 2.45) is 0 Å². The van der Waals surface area contributed by atoms with Crippen molar-refractivity contribution in [3.05, 3.63) is 35.4 Å². The SMILES string of the molecule is N#CCNC(=O)[C@@H]1Cc2ccccc2CN1. The van der Waals surface area contributed by atoms with Crippen LogP contribution in [-0.2, 0) is 17.8 Å². The topological polar surface area (TPSA) is 64.9 Å². The van der Waals surface area contributed by atoms with E-state index in [4.69, 9.17) is 5.26 Å². The Kier molecular flexibility index (Phi) is 3.18. The minimum Gasteiger partial charge on any atom is -0.342 e. The van der Waals surface area contributed by atoms with Crippen LogP contribution in [0.25, 0.3) is 0 Å². The second-order valence-electron chi connectivity index (χ2n) is 3.78. The Balaban J connectivity index is 2.03. The van der Waals surface area contributed by atoms with E-state index >= 15 is 0 Å². The van der Waals surface area contributed by atoms with Crippen molar-refractivity contribution >= 4 is 5.91 Å². The molecule has 0 aliphatic carbocycles. The molecule has 0 unspecified atom stereocenters. The Morgan fingerprint density at radius 1 is 1.50 bits per heavy atom. The van der Waals surface area contributed by atoms with Gasteiger partial charge in [-0.05, 0) is 17.5 Å². The van der Waals surface area contributed by atoms with Crippen LogP contribution in [0.15, 0.2) is 24.3 Å². The first-order chi connectivity index (χ1) is 7.81. The Morgan fingerprint density at radius 3 is 3.00 bits per heavy atom. The molecule has 1 aromatic carbocycles. The molecule has 16 heavy (non-hydrogen) atoms. The molecule has 1 atom stereocenters. The molecule has 4 nitrogen and oxygen atoms in total. The molecule has 82 valence electrons. The van der Waals surface area contributed by atoms with Gasteiger partial charge in [0.25, 0.3) is 0 Å². The van der Waals surface area contributed by atoms with Crippen molar-refractivity contribution in [3.8, 4) is 6.07 Å². The molecule has 0 aromatic heterocycles. The molecule has 0 saturated heterocycles. The minimum atomic E-state index is -0.219. The van der Waals surface area contributed by atoms with E-state index in [0.29, 0.717) is 13.0 Å². The number of rotatable bonds is 2. The first-order valence-electron chi connectivity index (χ1n) is 5.26. The summed E-state index contributed by atoms with van der Waals surface area (Å²) in [6.45, 7) is 0.777. The molecule has 1 aliphatic heterocycles. The lowest BCUT2D eigenvalue weighted by Gasteiger charge is -2.24. The van der Waals surface area contributed by atoms with Crippen LogP contribution in [0.2, 0.25) is 0 Å². The second-order valence-corrected chi connectivity index (χ2v) is 3.78. The quantitative estimate of drug-likeness (QED) is 0.699. The highest BCUT2D eigenvalue weighted by Gasteiger charge is 2.23. The normalized spacial score (nSPS) is 18.3. The van der Waals surface area contributed by atoms with E-state index < -0.39 is 0 Å². The smallest absolute Gasteiger partial charge is 0.238 e. The van der Waals surface area contributed by atoms with Crippen LogP contribution in [0.1, 0.15) is 11.1 Å². The van der Waals surface area contributed by atoms with E-state index in [-0.39, 0.29) is 18.5 Å². The number of fused-ring (bicyclic) bond motifs is 1. The Labute approximate surface area is 94.3 Å². The maximum absolute atomic E-state index is 11.6. The van der Waals surface area contributed by atoms with E-state index in [0.717, 1.165) is 0 Å². The monoisotopic (exact) mass is 215 g/mol. The lowest BCUT2D eigenvalue weighted by molar-refractivity contribution is -0.123. The number of nitrogens with zero attached hydrogens (tertiary/aromatic N) is 1. The molecular weight excluding hydrogens is 202 g/mol. The molecule has 1 heterocycles. The first-order valence-corrected chi connectivity index (χ1v) is 5.26. The van der Waals surface area contributed by atoms with Crippen LogP contribution in [0, 0.1) is 11.3 Å². The molecule has 4 heteroatoms. The molecule has 2 N–H and O–H groups in total. The maximum atomic E-state index is 11.6. The van der Waals surface area contributed by atoms with Gasteiger partial charge in [0.1, 0.15) is 6.54 Å². The fourth-order valence-corrected chi connectivity index (χ4v) is 1.89. The molecule has 0 spiro atoms. The van der Waals surface area contributed by atoms with Gasteiger partial charge in [0.15, 0.2) is 0 Å². The summed E-state index contributed by atoms with van der Waals surface area (Å²) in [7, 11) is 0. The fourth-order valence-electron chi connectivity index (χ4n) is 1.89. The van der Waals surface area contributed by atoms with Crippen molar-refractivity contribution in [3.63, 3.8) is 0 Å². The molecule has 0 radical (unpaired) electrons. The van der Waals surface area contributed by atoms with E-state index in [9.17, 15) is 4.79 Å². The van der Waals surface area contributed by atoms with Crippen LogP contribution in [0.5, 0.6) is 0 Å². The van der Waals surface area contributed by atoms with Gasteiger partial charge in [0.05, 0.1) is 12.1 Å². The van der Waals surface area contributed by atoms with Gasteiger partial charge < -0.3 is 10.6 Å². The number of nitrogens with one attached hydrogen (secondary N) is 2. The minimum absolute atomic E-state index is 0.0681. The van der Waals surface area contributed by atoms with E-state index in [1.807, 2.05) is 24.3 Å². The van der Waals surface area contributed by atoms with Gasteiger partial charge in [0, 0.05) is 6.54 Å². The van der Waals surface area contributed by atoms with Crippen molar-refractivity contribution in [2.75, 3.05) is 6.54 Å². The molecule has 1 aliphatic rings. The highest BCUT2D eigenvalue weighted by molar-refractivity contribution is 5.82. The van der Waals surface area contributed by atoms with Crippen LogP contribution >= 0.6 is 0 Å². The van der Waals surface area contributed by atoms with E-state index in [1.54, 1.807) is 0 Å². The van der Waals surface area contributed by atoms with E-state index in [2.05, 4.69) is 16.7 Å². The van der Waals surface area contributed by atoms with Gasteiger partial charge in [-0.2, -0.15) is 5.26 Å². The molecule has 1 aromatic rings. The fraction of sp³-hybridized carbons (Fsp3) is 0.333. The molecular formula is C12H13N3O. The van der Waals surface area contributed by atoms with Crippen LogP contribution < -0.4 is 10.6 Å². The van der Waals surface area contributed by atoms with Gasteiger partial charge in [0.2, 0.25) is 5.91 Å². The number of hydrogen-bond acceptors (Lipinski definition) is 3. The summed E-state index contributed by atoms with van der Waals surface area (Å²) in [6.07, 6.45) is 0.688. The summed E-state index contributed by atoms with van der Waals surface area (Å²) in [4.78, 5) is 11.6. The summed E-state index contributed by atoms with van der Waals surface area (Å²) in [6, 6.07) is 9.76. The van der Waals surface area contributed by atoms with Gasteiger partial charge in [-0.15, -0.1) is 0 Å². The lowest BCUT2D eigenvalue weighted by Crippen LogP contribution is -2.47. The third-order valence-corrected chi connectivity index (χ3v) is 2.74. The largest absolute Gasteiger partial charge is 0.342 e. The van der Waals surface area contributed by atoms with Crippen LogP contribution in [0.3, 0.4) is 0 Å². The highest BCUT2D eigenvalue weighted by Crippen LogP contribution is 2.15. The van der Waals surface area contributed by atoms with Crippen LogP contribution in [0.4, 0.5) is 0 Å². The zero-order valence-electron chi connectivity index (χ0n) is 8.86. The maximum Gasteiger partial charge on any atom is 0.238 e. The third-order valence-electron chi connectivity index (χ3n) is 2.74. The Bertz CT molecular complexity index is 436. The summed E-state index contributed by atoms with van der Waals surface area (Å²) >= 11 is 0. The molecule has 0 saturated carbocycles.